The standard InChI is InChI=1S/C17H24F3NO/c1-16(2,3)12-5-6-15(14(11-12)17(18,19)20)22-13-7-9-21(4)10-8-13/h5-6,11,13H,7-10H2,1-4H3. The SMILES string of the molecule is CN1CCC(Oc2ccc(C(C)(C)C)cc2C(F)(F)F)CC1. The summed E-state index contributed by atoms with van der Waals surface area (Å²) in [6.45, 7) is 7.41. The summed E-state index contributed by atoms with van der Waals surface area (Å²) in [6.07, 6.45) is -3.02. The molecule has 1 heterocycles. The van der Waals surface area contributed by atoms with Crippen LogP contribution in [0.25, 0.3) is 0 Å². The molecular weight excluding hydrogens is 291 g/mol. The second-order valence-electron chi connectivity index (χ2n) is 7.08. The number of likely N-dealkylation sites (tertiary alicyclic amines) is 1. The summed E-state index contributed by atoms with van der Waals surface area (Å²) < 4.78 is 45.7. The first-order valence-corrected chi connectivity index (χ1v) is 7.64. The molecule has 0 N–H and O–H groups in total. The molecule has 5 heteroatoms. The Labute approximate surface area is 130 Å². The molecule has 2 nitrogen and oxygen atoms in total. The van der Waals surface area contributed by atoms with Gasteiger partial charge in [0.1, 0.15) is 11.9 Å². The van der Waals surface area contributed by atoms with Gasteiger partial charge in [-0.15, -0.1) is 0 Å². The average Bonchev–Trinajstić information content (AvgIpc) is 2.39. The molecule has 0 bridgehead atoms. The van der Waals surface area contributed by atoms with E-state index < -0.39 is 11.7 Å². The summed E-state index contributed by atoms with van der Waals surface area (Å²) in [7, 11) is 2.01. The van der Waals surface area contributed by atoms with Crippen LogP contribution in [0.1, 0.15) is 44.7 Å². The van der Waals surface area contributed by atoms with Crippen molar-refractivity contribution in [2.24, 2.45) is 0 Å². The van der Waals surface area contributed by atoms with Gasteiger partial charge in [-0.25, -0.2) is 0 Å². The Morgan fingerprint density at radius 3 is 2.18 bits per heavy atom. The number of nitrogens with zero attached hydrogens (tertiary/aromatic N) is 1. The number of ether oxygens (including phenoxy) is 1. The normalized spacial score (nSPS) is 18.5. The Balaban J connectivity index is 2.27. The smallest absolute Gasteiger partial charge is 0.419 e. The molecule has 1 aromatic carbocycles. The van der Waals surface area contributed by atoms with Gasteiger partial charge < -0.3 is 9.64 Å². The van der Waals surface area contributed by atoms with E-state index in [1.54, 1.807) is 6.07 Å². The molecule has 0 atom stereocenters. The van der Waals surface area contributed by atoms with Crippen molar-refractivity contribution < 1.29 is 17.9 Å². The van der Waals surface area contributed by atoms with E-state index in [2.05, 4.69) is 4.90 Å². The Morgan fingerprint density at radius 2 is 1.68 bits per heavy atom. The van der Waals surface area contributed by atoms with E-state index in [4.69, 9.17) is 4.74 Å². The Hall–Kier alpha value is -1.23. The van der Waals surface area contributed by atoms with Gasteiger partial charge in [-0.1, -0.05) is 26.8 Å². The van der Waals surface area contributed by atoms with Crippen molar-refractivity contribution in [3.8, 4) is 5.75 Å². The van der Waals surface area contributed by atoms with Gasteiger partial charge in [-0.2, -0.15) is 13.2 Å². The molecule has 1 aromatic rings. The maximum absolute atomic E-state index is 13.3. The topological polar surface area (TPSA) is 12.5 Å². The van der Waals surface area contributed by atoms with Gasteiger partial charge in [0.15, 0.2) is 0 Å². The molecule has 1 saturated heterocycles. The van der Waals surface area contributed by atoms with Crippen LogP contribution in [0.2, 0.25) is 0 Å². The van der Waals surface area contributed by atoms with Gasteiger partial charge in [0.25, 0.3) is 0 Å². The van der Waals surface area contributed by atoms with Gasteiger partial charge in [-0.05, 0) is 43.0 Å². The summed E-state index contributed by atoms with van der Waals surface area (Å²) in [6, 6.07) is 4.44. The van der Waals surface area contributed by atoms with Gasteiger partial charge in [0.05, 0.1) is 5.56 Å². The Bertz CT molecular complexity index is 512. The third kappa shape index (κ3) is 4.15. The zero-order valence-electron chi connectivity index (χ0n) is 13.6. The molecule has 2 rings (SSSR count). The summed E-state index contributed by atoms with van der Waals surface area (Å²) in [4.78, 5) is 2.16. The second kappa shape index (κ2) is 6.11. The van der Waals surface area contributed by atoms with Crippen LogP contribution in [0.15, 0.2) is 18.2 Å². The monoisotopic (exact) mass is 315 g/mol. The van der Waals surface area contributed by atoms with Crippen molar-refractivity contribution in [2.45, 2.75) is 51.3 Å². The number of piperidine rings is 1. The Kier molecular flexibility index (Phi) is 4.76. The maximum atomic E-state index is 13.3. The summed E-state index contributed by atoms with van der Waals surface area (Å²) in [5, 5.41) is 0. The number of alkyl halides is 3. The van der Waals surface area contributed by atoms with Gasteiger partial charge in [0.2, 0.25) is 0 Å². The van der Waals surface area contributed by atoms with E-state index in [0.717, 1.165) is 25.9 Å². The molecule has 0 spiro atoms. The summed E-state index contributed by atoms with van der Waals surface area (Å²) in [5.74, 6) is -0.0462. The summed E-state index contributed by atoms with van der Waals surface area (Å²) >= 11 is 0. The predicted octanol–water partition coefficient (Wildman–Crippen LogP) is 4.48. The molecule has 0 unspecified atom stereocenters. The highest BCUT2D eigenvalue weighted by atomic mass is 19.4. The zero-order valence-corrected chi connectivity index (χ0v) is 13.6. The van der Waals surface area contributed by atoms with Crippen LogP contribution in [0, 0.1) is 0 Å². The number of hydrogen-bond donors (Lipinski definition) is 0. The zero-order chi connectivity index (χ0) is 16.5. The first-order valence-electron chi connectivity index (χ1n) is 7.64. The van der Waals surface area contributed by atoms with Crippen LogP contribution in [0.5, 0.6) is 5.75 Å². The largest absolute Gasteiger partial charge is 0.490 e. The minimum Gasteiger partial charge on any atom is -0.490 e. The molecule has 124 valence electrons. The van der Waals surface area contributed by atoms with Gasteiger partial charge >= 0.3 is 6.18 Å². The van der Waals surface area contributed by atoms with E-state index in [9.17, 15) is 13.2 Å². The molecule has 0 aromatic heterocycles. The molecule has 1 aliphatic heterocycles. The minimum atomic E-state index is -4.40. The third-order valence-electron chi connectivity index (χ3n) is 4.11. The van der Waals surface area contributed by atoms with Crippen molar-refractivity contribution >= 4 is 0 Å². The lowest BCUT2D eigenvalue weighted by Gasteiger charge is -2.30. The van der Waals surface area contributed by atoms with Crippen LogP contribution in [0.3, 0.4) is 0 Å². The van der Waals surface area contributed by atoms with Crippen molar-refractivity contribution in [3.05, 3.63) is 29.3 Å². The number of hydrogen-bond acceptors (Lipinski definition) is 2. The van der Waals surface area contributed by atoms with Crippen molar-refractivity contribution in [1.29, 1.82) is 0 Å². The highest BCUT2D eigenvalue weighted by Crippen LogP contribution is 2.39. The van der Waals surface area contributed by atoms with E-state index in [0.29, 0.717) is 5.56 Å². The number of rotatable bonds is 2. The second-order valence-corrected chi connectivity index (χ2v) is 7.08. The molecule has 0 radical (unpaired) electrons. The highest BCUT2D eigenvalue weighted by molar-refractivity contribution is 5.41. The van der Waals surface area contributed by atoms with E-state index in [1.165, 1.54) is 12.1 Å². The quantitative estimate of drug-likeness (QED) is 0.798. The lowest BCUT2D eigenvalue weighted by Crippen LogP contribution is -2.36. The highest BCUT2D eigenvalue weighted by Gasteiger charge is 2.36. The third-order valence-corrected chi connectivity index (χ3v) is 4.11. The van der Waals surface area contributed by atoms with Gasteiger partial charge in [0, 0.05) is 13.1 Å². The molecule has 1 fully saturated rings. The molecule has 0 saturated carbocycles. The van der Waals surface area contributed by atoms with Crippen LogP contribution in [-0.4, -0.2) is 31.1 Å². The first kappa shape index (κ1) is 17.1. The van der Waals surface area contributed by atoms with E-state index >= 15 is 0 Å². The first-order chi connectivity index (χ1) is 10.1. The molecule has 0 amide bonds. The molecule has 1 aliphatic rings. The van der Waals surface area contributed by atoms with E-state index in [-0.39, 0.29) is 17.3 Å². The predicted molar refractivity (Wildman–Crippen MR) is 81.3 cm³/mol. The lowest BCUT2D eigenvalue weighted by molar-refractivity contribution is -0.139. The van der Waals surface area contributed by atoms with E-state index in [1.807, 2.05) is 27.8 Å². The Morgan fingerprint density at radius 1 is 1.09 bits per heavy atom. The molecular formula is C17H24F3NO. The van der Waals surface area contributed by atoms with Gasteiger partial charge in [-0.3, -0.25) is 0 Å². The van der Waals surface area contributed by atoms with Crippen LogP contribution < -0.4 is 4.74 Å². The van der Waals surface area contributed by atoms with Crippen molar-refractivity contribution in [2.75, 3.05) is 20.1 Å². The fraction of sp³-hybridized carbons (Fsp3) is 0.647. The summed E-state index contributed by atoms with van der Waals surface area (Å²) in [5.41, 5.74) is -0.332. The number of benzene rings is 1. The minimum absolute atomic E-state index is 0.0462. The number of halogens is 3. The van der Waals surface area contributed by atoms with Crippen LogP contribution in [-0.2, 0) is 11.6 Å². The lowest BCUT2D eigenvalue weighted by atomic mass is 9.86. The fourth-order valence-electron chi connectivity index (χ4n) is 2.60. The van der Waals surface area contributed by atoms with Crippen LogP contribution in [0.4, 0.5) is 13.2 Å². The average molecular weight is 315 g/mol. The maximum Gasteiger partial charge on any atom is 0.419 e. The fourth-order valence-corrected chi connectivity index (χ4v) is 2.60. The van der Waals surface area contributed by atoms with Crippen molar-refractivity contribution in [3.63, 3.8) is 0 Å². The molecule has 22 heavy (non-hydrogen) atoms. The molecule has 0 aliphatic carbocycles. The van der Waals surface area contributed by atoms with Crippen molar-refractivity contribution in [1.82, 2.24) is 4.90 Å². The van der Waals surface area contributed by atoms with Crippen LogP contribution >= 0.6 is 0 Å².